The van der Waals surface area contributed by atoms with E-state index in [4.69, 9.17) is 16.3 Å². The zero-order valence-electron chi connectivity index (χ0n) is 14.4. The van der Waals surface area contributed by atoms with Crippen molar-refractivity contribution in [1.29, 1.82) is 0 Å². The number of hydrogen-bond donors (Lipinski definition) is 2. The number of rotatable bonds is 5. The second-order valence-electron chi connectivity index (χ2n) is 5.82. The molecule has 2 N–H and O–H groups in total. The summed E-state index contributed by atoms with van der Waals surface area (Å²) in [6, 6.07) is 14.3. The third-order valence-corrected chi connectivity index (χ3v) is 4.16. The van der Waals surface area contributed by atoms with Crippen molar-refractivity contribution in [3.8, 4) is 5.75 Å². The van der Waals surface area contributed by atoms with Gasteiger partial charge >= 0.3 is 0 Å². The van der Waals surface area contributed by atoms with Crippen LogP contribution in [0.1, 0.15) is 10.5 Å². The van der Waals surface area contributed by atoms with Crippen LogP contribution in [-0.4, -0.2) is 42.4 Å². The van der Waals surface area contributed by atoms with Crippen molar-refractivity contribution >= 4 is 40.0 Å². The van der Waals surface area contributed by atoms with Crippen molar-refractivity contribution in [3.63, 3.8) is 0 Å². The topological polar surface area (TPSA) is 74.4 Å². The molecular weight excluding hydrogens is 354 g/mol. The Hall–Kier alpha value is -2.99. The monoisotopic (exact) mass is 371 g/mol. The maximum atomic E-state index is 12.5. The zero-order valence-corrected chi connectivity index (χ0v) is 15.1. The molecule has 1 aromatic heterocycles. The number of fused-ring (bicyclic) bond motifs is 1. The number of nitrogens with one attached hydrogen (secondary N) is 2. The van der Waals surface area contributed by atoms with Crippen LogP contribution in [0, 0.1) is 0 Å². The lowest BCUT2D eigenvalue weighted by Gasteiger charge is -2.17. The molecule has 0 spiro atoms. The first-order valence-electron chi connectivity index (χ1n) is 7.94. The number of hydrogen-bond acceptors (Lipinski definition) is 3. The fourth-order valence-electron chi connectivity index (χ4n) is 2.65. The van der Waals surface area contributed by atoms with Gasteiger partial charge in [0.2, 0.25) is 5.91 Å². The summed E-state index contributed by atoms with van der Waals surface area (Å²) >= 11 is 5.96. The van der Waals surface area contributed by atoms with Gasteiger partial charge in [0.15, 0.2) is 0 Å². The summed E-state index contributed by atoms with van der Waals surface area (Å²) in [5.41, 5.74) is 1.76. The normalized spacial score (nSPS) is 10.6. The van der Waals surface area contributed by atoms with E-state index in [9.17, 15) is 9.59 Å². The van der Waals surface area contributed by atoms with E-state index in [1.54, 1.807) is 31.3 Å². The third kappa shape index (κ3) is 3.81. The number of methoxy groups -OCH3 is 1. The SMILES string of the molecule is COc1ccc(Cl)cc1NC(=O)CN(C)C(=O)c1cc2ccccc2[nH]1. The molecule has 3 rings (SSSR count). The van der Waals surface area contributed by atoms with Crippen molar-refractivity contribution < 1.29 is 14.3 Å². The molecule has 7 heteroatoms. The van der Waals surface area contributed by atoms with E-state index in [0.717, 1.165) is 10.9 Å². The molecular formula is C19H18ClN3O3. The second-order valence-corrected chi connectivity index (χ2v) is 6.26. The minimum absolute atomic E-state index is 0.107. The summed E-state index contributed by atoms with van der Waals surface area (Å²) in [4.78, 5) is 29.3. The predicted molar refractivity (Wildman–Crippen MR) is 102 cm³/mol. The average molecular weight is 372 g/mol. The number of carbonyl (C=O) groups excluding carboxylic acids is 2. The number of aromatic nitrogens is 1. The first-order valence-corrected chi connectivity index (χ1v) is 8.32. The van der Waals surface area contributed by atoms with E-state index in [0.29, 0.717) is 22.2 Å². The summed E-state index contributed by atoms with van der Waals surface area (Å²) in [5.74, 6) is -0.126. The highest BCUT2D eigenvalue weighted by Gasteiger charge is 2.18. The number of benzene rings is 2. The summed E-state index contributed by atoms with van der Waals surface area (Å²) < 4.78 is 5.20. The molecule has 3 aromatic rings. The molecule has 0 fully saturated rings. The molecule has 2 amide bonds. The lowest BCUT2D eigenvalue weighted by molar-refractivity contribution is -0.116. The molecule has 0 unspecified atom stereocenters. The lowest BCUT2D eigenvalue weighted by atomic mass is 10.2. The van der Waals surface area contributed by atoms with Gasteiger partial charge in [-0.3, -0.25) is 9.59 Å². The summed E-state index contributed by atoms with van der Waals surface area (Å²) in [6.07, 6.45) is 0. The Morgan fingerprint density at radius 3 is 2.69 bits per heavy atom. The molecule has 0 bridgehead atoms. The number of halogens is 1. The molecule has 6 nitrogen and oxygen atoms in total. The zero-order chi connectivity index (χ0) is 18.7. The van der Waals surface area contributed by atoms with Crippen LogP contribution in [-0.2, 0) is 4.79 Å². The van der Waals surface area contributed by atoms with Crippen LogP contribution >= 0.6 is 11.6 Å². The van der Waals surface area contributed by atoms with Gasteiger partial charge in [0.25, 0.3) is 5.91 Å². The number of nitrogens with zero attached hydrogens (tertiary/aromatic N) is 1. The van der Waals surface area contributed by atoms with E-state index in [1.165, 1.54) is 12.0 Å². The highest BCUT2D eigenvalue weighted by atomic mass is 35.5. The van der Waals surface area contributed by atoms with E-state index >= 15 is 0 Å². The number of anilines is 1. The maximum absolute atomic E-state index is 12.5. The van der Waals surface area contributed by atoms with Crippen LogP contribution in [0.4, 0.5) is 5.69 Å². The van der Waals surface area contributed by atoms with Crippen LogP contribution in [0.5, 0.6) is 5.75 Å². The fourth-order valence-corrected chi connectivity index (χ4v) is 2.82. The van der Waals surface area contributed by atoms with Crippen LogP contribution in [0.15, 0.2) is 48.5 Å². The number of ether oxygens (including phenoxy) is 1. The van der Waals surface area contributed by atoms with Gasteiger partial charge in [-0.2, -0.15) is 0 Å². The molecule has 0 aliphatic carbocycles. The van der Waals surface area contributed by atoms with Crippen LogP contribution in [0.25, 0.3) is 10.9 Å². The Kier molecular flexibility index (Phi) is 5.14. The molecule has 0 saturated heterocycles. The summed E-state index contributed by atoms with van der Waals surface area (Å²) in [6.45, 7) is -0.107. The van der Waals surface area contributed by atoms with Crippen molar-refractivity contribution in [2.24, 2.45) is 0 Å². The summed E-state index contributed by atoms with van der Waals surface area (Å²) in [7, 11) is 3.08. The van der Waals surface area contributed by atoms with Crippen LogP contribution in [0.3, 0.4) is 0 Å². The molecule has 26 heavy (non-hydrogen) atoms. The second kappa shape index (κ2) is 7.49. The van der Waals surface area contributed by atoms with E-state index in [-0.39, 0.29) is 18.4 Å². The number of para-hydroxylation sites is 1. The fraction of sp³-hybridized carbons (Fsp3) is 0.158. The van der Waals surface area contributed by atoms with Gasteiger partial charge in [0, 0.05) is 23.0 Å². The Bertz CT molecular complexity index is 935. The highest BCUT2D eigenvalue weighted by molar-refractivity contribution is 6.31. The number of carbonyl (C=O) groups is 2. The van der Waals surface area contributed by atoms with Crippen molar-refractivity contribution in [2.45, 2.75) is 0 Å². The quantitative estimate of drug-likeness (QED) is 0.720. The minimum Gasteiger partial charge on any atom is -0.495 e. The molecule has 134 valence electrons. The highest BCUT2D eigenvalue weighted by Crippen LogP contribution is 2.27. The number of aromatic amines is 1. The van der Waals surface area contributed by atoms with Crippen LogP contribution < -0.4 is 10.1 Å². The van der Waals surface area contributed by atoms with E-state index < -0.39 is 0 Å². The van der Waals surface area contributed by atoms with Crippen LogP contribution in [0.2, 0.25) is 5.02 Å². The van der Waals surface area contributed by atoms with Gasteiger partial charge in [-0.1, -0.05) is 29.8 Å². The maximum Gasteiger partial charge on any atom is 0.270 e. The van der Waals surface area contributed by atoms with E-state index in [2.05, 4.69) is 10.3 Å². The largest absolute Gasteiger partial charge is 0.495 e. The number of amides is 2. The molecule has 0 saturated carbocycles. The molecule has 0 radical (unpaired) electrons. The van der Waals surface area contributed by atoms with Gasteiger partial charge in [-0.25, -0.2) is 0 Å². The minimum atomic E-state index is -0.350. The smallest absolute Gasteiger partial charge is 0.270 e. The van der Waals surface area contributed by atoms with E-state index in [1.807, 2.05) is 24.3 Å². The Labute approximate surface area is 155 Å². The molecule has 0 atom stereocenters. The average Bonchev–Trinajstić information content (AvgIpc) is 3.05. The summed E-state index contributed by atoms with van der Waals surface area (Å²) in [5, 5.41) is 4.13. The molecule has 1 heterocycles. The van der Waals surface area contributed by atoms with Crippen molar-refractivity contribution in [3.05, 3.63) is 59.2 Å². The van der Waals surface area contributed by atoms with Gasteiger partial charge in [-0.05, 0) is 30.3 Å². The lowest BCUT2D eigenvalue weighted by Crippen LogP contribution is -2.35. The van der Waals surface area contributed by atoms with Crippen molar-refractivity contribution in [2.75, 3.05) is 26.0 Å². The van der Waals surface area contributed by atoms with Gasteiger partial charge in [-0.15, -0.1) is 0 Å². The first-order chi connectivity index (χ1) is 12.5. The third-order valence-electron chi connectivity index (χ3n) is 3.92. The number of likely N-dealkylation sites (N-methyl/N-ethyl adjacent to an activating group) is 1. The Morgan fingerprint density at radius 2 is 1.96 bits per heavy atom. The Morgan fingerprint density at radius 1 is 1.19 bits per heavy atom. The first kappa shape index (κ1) is 17.8. The van der Waals surface area contributed by atoms with Gasteiger partial charge in [0.05, 0.1) is 19.3 Å². The van der Waals surface area contributed by atoms with Gasteiger partial charge in [0.1, 0.15) is 11.4 Å². The predicted octanol–water partition coefficient (Wildman–Crippen LogP) is 3.54. The molecule has 0 aliphatic heterocycles. The van der Waals surface area contributed by atoms with Crippen molar-refractivity contribution in [1.82, 2.24) is 9.88 Å². The van der Waals surface area contributed by atoms with Gasteiger partial charge < -0.3 is 19.9 Å². The molecule has 0 aliphatic rings. The molecule has 2 aromatic carbocycles. The standard InChI is InChI=1S/C19H18ClN3O3/c1-23(19(25)16-9-12-5-3-4-6-14(12)21-16)11-18(24)22-15-10-13(20)7-8-17(15)26-2/h3-10,21H,11H2,1-2H3,(H,22,24). The Balaban J connectivity index is 1.69. The number of H-pyrrole nitrogens is 1.